The monoisotopic (exact) mass is 265 g/mol. The Morgan fingerprint density at radius 1 is 1.28 bits per heavy atom. The second kappa shape index (κ2) is 8.19. The van der Waals surface area contributed by atoms with Crippen LogP contribution in [0.4, 0.5) is 0 Å². The molecule has 0 aromatic carbocycles. The fourth-order valence-electron chi connectivity index (χ4n) is 1.44. The second-order valence-electron chi connectivity index (χ2n) is 4.57. The molecule has 0 bridgehead atoms. The molecule has 0 radical (unpaired) electrons. The molecule has 4 heteroatoms. The lowest BCUT2D eigenvalue weighted by Crippen LogP contribution is -2.34. The summed E-state index contributed by atoms with van der Waals surface area (Å²) in [5.41, 5.74) is 1.09. The predicted molar refractivity (Wildman–Crippen MR) is 76.5 cm³/mol. The largest absolute Gasteiger partial charge is 0.394 e. The van der Waals surface area contributed by atoms with Crippen LogP contribution in [0.5, 0.6) is 0 Å². The summed E-state index contributed by atoms with van der Waals surface area (Å²) >= 11 is 0. The van der Waals surface area contributed by atoms with Gasteiger partial charge in [0.25, 0.3) is 0 Å². The molecule has 0 atom stereocenters. The molecule has 0 fully saturated rings. The summed E-state index contributed by atoms with van der Waals surface area (Å²) in [7, 11) is -2.01. The van der Waals surface area contributed by atoms with Crippen LogP contribution in [0.2, 0.25) is 13.1 Å². The Morgan fingerprint density at radius 3 is 2.78 bits per heavy atom. The highest BCUT2D eigenvalue weighted by Crippen LogP contribution is 2.11. The first-order valence-corrected chi connectivity index (χ1v) is 9.27. The highest BCUT2D eigenvalue weighted by Gasteiger charge is 2.24. The summed E-state index contributed by atoms with van der Waals surface area (Å²) in [6, 6.07) is 3.94. The molecular formula is C14H23NO2Si. The smallest absolute Gasteiger partial charge is 0.332 e. The molecule has 100 valence electrons. The van der Waals surface area contributed by atoms with Crippen molar-refractivity contribution in [3.05, 3.63) is 42.2 Å². The van der Waals surface area contributed by atoms with E-state index in [9.17, 15) is 0 Å². The Morgan fingerprint density at radius 2 is 2.11 bits per heavy atom. The SMILES string of the molecule is CC/C=C/CCO[Si](C)(C)OCc1cccnc1. The van der Waals surface area contributed by atoms with Gasteiger partial charge in [-0.3, -0.25) is 4.98 Å². The number of hydrogen-bond donors (Lipinski definition) is 0. The second-order valence-corrected chi connectivity index (χ2v) is 7.94. The van der Waals surface area contributed by atoms with E-state index in [-0.39, 0.29) is 0 Å². The summed E-state index contributed by atoms with van der Waals surface area (Å²) < 4.78 is 11.7. The van der Waals surface area contributed by atoms with Crippen molar-refractivity contribution < 1.29 is 8.85 Å². The third-order valence-corrected chi connectivity index (χ3v) is 4.18. The van der Waals surface area contributed by atoms with Gasteiger partial charge in [-0.15, -0.1) is 0 Å². The van der Waals surface area contributed by atoms with Crippen LogP contribution in [0.15, 0.2) is 36.7 Å². The number of hydrogen-bond acceptors (Lipinski definition) is 3. The van der Waals surface area contributed by atoms with E-state index in [1.54, 1.807) is 6.20 Å². The van der Waals surface area contributed by atoms with Crippen LogP contribution >= 0.6 is 0 Å². The van der Waals surface area contributed by atoms with Gasteiger partial charge in [0.2, 0.25) is 0 Å². The molecule has 0 spiro atoms. The van der Waals surface area contributed by atoms with Gasteiger partial charge in [0.15, 0.2) is 0 Å². The molecular weight excluding hydrogens is 242 g/mol. The standard InChI is InChI=1S/C14H23NO2Si/c1-4-5-6-7-11-16-18(2,3)17-13-14-9-8-10-15-12-14/h5-6,8-10,12H,4,7,11,13H2,1-3H3/b6-5+. The van der Waals surface area contributed by atoms with Crippen LogP contribution in [0, 0.1) is 0 Å². The molecule has 1 aromatic rings. The Labute approximate surface area is 111 Å². The zero-order valence-electron chi connectivity index (χ0n) is 11.6. The fraction of sp³-hybridized carbons (Fsp3) is 0.500. The topological polar surface area (TPSA) is 31.4 Å². The van der Waals surface area contributed by atoms with Crippen molar-refractivity contribution in [3.63, 3.8) is 0 Å². The van der Waals surface area contributed by atoms with E-state index >= 15 is 0 Å². The molecule has 3 nitrogen and oxygen atoms in total. The molecule has 0 aliphatic heterocycles. The number of nitrogens with zero attached hydrogens (tertiary/aromatic N) is 1. The minimum Gasteiger partial charge on any atom is -0.394 e. The number of aromatic nitrogens is 1. The first kappa shape index (κ1) is 15.1. The van der Waals surface area contributed by atoms with Gasteiger partial charge in [0, 0.05) is 19.0 Å². The maximum absolute atomic E-state index is 5.87. The first-order chi connectivity index (χ1) is 8.64. The average molecular weight is 265 g/mol. The van der Waals surface area contributed by atoms with Gasteiger partial charge in [0.1, 0.15) is 0 Å². The molecule has 0 aliphatic rings. The number of pyridine rings is 1. The zero-order chi connectivity index (χ0) is 13.3. The lowest BCUT2D eigenvalue weighted by atomic mass is 10.3. The van der Waals surface area contributed by atoms with E-state index in [1.807, 2.05) is 18.3 Å². The molecule has 1 rings (SSSR count). The minimum atomic E-state index is -2.01. The van der Waals surface area contributed by atoms with Crippen molar-refractivity contribution in [2.24, 2.45) is 0 Å². The van der Waals surface area contributed by atoms with E-state index in [0.29, 0.717) is 6.61 Å². The lowest BCUT2D eigenvalue weighted by molar-refractivity contribution is 0.174. The first-order valence-electron chi connectivity index (χ1n) is 6.46. The van der Waals surface area contributed by atoms with E-state index in [0.717, 1.165) is 25.0 Å². The molecule has 18 heavy (non-hydrogen) atoms. The van der Waals surface area contributed by atoms with Gasteiger partial charge in [-0.25, -0.2) is 0 Å². The summed E-state index contributed by atoms with van der Waals surface area (Å²) in [5, 5.41) is 0. The van der Waals surface area contributed by atoms with E-state index in [4.69, 9.17) is 8.85 Å². The average Bonchev–Trinajstić information content (AvgIpc) is 2.38. The van der Waals surface area contributed by atoms with Gasteiger partial charge in [-0.2, -0.15) is 0 Å². The van der Waals surface area contributed by atoms with Crippen LogP contribution in [-0.4, -0.2) is 20.2 Å². The summed E-state index contributed by atoms with van der Waals surface area (Å²) in [6.07, 6.45) is 9.95. The third-order valence-electron chi connectivity index (χ3n) is 2.45. The maximum atomic E-state index is 5.87. The third kappa shape index (κ3) is 6.69. The fourth-order valence-corrected chi connectivity index (χ4v) is 2.65. The highest BCUT2D eigenvalue weighted by atomic mass is 28.4. The quantitative estimate of drug-likeness (QED) is 0.408. The van der Waals surface area contributed by atoms with Crippen LogP contribution in [0.1, 0.15) is 25.3 Å². The molecule has 1 heterocycles. The van der Waals surface area contributed by atoms with Crippen molar-refractivity contribution in [3.8, 4) is 0 Å². The van der Waals surface area contributed by atoms with Gasteiger partial charge in [-0.05, 0) is 37.6 Å². The van der Waals surface area contributed by atoms with Crippen molar-refractivity contribution in [2.45, 2.75) is 39.5 Å². The summed E-state index contributed by atoms with van der Waals surface area (Å²) in [5.74, 6) is 0. The minimum absolute atomic E-state index is 0.581. The predicted octanol–water partition coefficient (Wildman–Crippen LogP) is 3.67. The molecule has 0 aliphatic carbocycles. The van der Waals surface area contributed by atoms with Crippen molar-refractivity contribution in [1.82, 2.24) is 4.98 Å². The van der Waals surface area contributed by atoms with Gasteiger partial charge < -0.3 is 8.85 Å². The van der Waals surface area contributed by atoms with E-state index in [2.05, 4.69) is 37.2 Å². The van der Waals surface area contributed by atoms with Crippen molar-refractivity contribution in [2.75, 3.05) is 6.61 Å². The van der Waals surface area contributed by atoms with Crippen molar-refractivity contribution in [1.29, 1.82) is 0 Å². The van der Waals surface area contributed by atoms with Gasteiger partial charge in [-0.1, -0.05) is 25.1 Å². The van der Waals surface area contributed by atoms with Gasteiger partial charge >= 0.3 is 8.56 Å². The Hall–Kier alpha value is -0.973. The maximum Gasteiger partial charge on any atom is 0.332 e. The van der Waals surface area contributed by atoms with Crippen LogP contribution in [0.3, 0.4) is 0 Å². The molecule has 0 N–H and O–H groups in total. The Bertz CT molecular complexity index is 352. The molecule has 0 amide bonds. The van der Waals surface area contributed by atoms with Gasteiger partial charge in [0.05, 0.1) is 6.61 Å². The number of rotatable bonds is 8. The lowest BCUT2D eigenvalue weighted by Gasteiger charge is -2.22. The van der Waals surface area contributed by atoms with Crippen molar-refractivity contribution >= 4 is 8.56 Å². The zero-order valence-corrected chi connectivity index (χ0v) is 12.6. The Kier molecular flexibility index (Phi) is 6.86. The highest BCUT2D eigenvalue weighted by molar-refractivity contribution is 6.64. The molecule has 0 unspecified atom stereocenters. The molecule has 0 saturated heterocycles. The molecule has 1 aromatic heterocycles. The van der Waals surface area contributed by atoms with E-state index < -0.39 is 8.56 Å². The van der Waals surface area contributed by atoms with E-state index in [1.165, 1.54) is 0 Å². The summed E-state index contributed by atoms with van der Waals surface area (Å²) in [4.78, 5) is 4.07. The van der Waals surface area contributed by atoms with Crippen LogP contribution < -0.4 is 0 Å². The van der Waals surface area contributed by atoms with Crippen LogP contribution in [0.25, 0.3) is 0 Å². The Balaban J connectivity index is 2.24. The molecule has 0 saturated carbocycles. The summed E-state index contributed by atoms with van der Waals surface area (Å²) in [6.45, 7) is 7.60. The van der Waals surface area contributed by atoms with Crippen LogP contribution in [-0.2, 0) is 15.5 Å². The normalized spacial score (nSPS) is 12.2. The number of allylic oxidation sites excluding steroid dienone is 1.